The molecule has 0 saturated heterocycles. The van der Waals surface area contributed by atoms with Crippen LogP contribution in [0.2, 0.25) is 0 Å². The Morgan fingerprint density at radius 3 is 2.50 bits per heavy atom. The highest BCUT2D eigenvalue weighted by molar-refractivity contribution is 5.29. The quantitative estimate of drug-likeness (QED) is 0.875. The van der Waals surface area contributed by atoms with Gasteiger partial charge in [-0.3, -0.25) is 0 Å². The second kappa shape index (κ2) is 6.57. The normalized spacial score (nSPS) is 12.4. The van der Waals surface area contributed by atoms with E-state index < -0.39 is 0 Å². The first-order valence-corrected chi connectivity index (χ1v) is 6.99. The summed E-state index contributed by atoms with van der Waals surface area (Å²) in [4.78, 5) is 0. The maximum Gasteiger partial charge on any atom is 0.138 e. The minimum Gasteiger partial charge on any atom is -0.494 e. The third-order valence-corrected chi connectivity index (χ3v) is 3.46. The molecule has 0 amide bonds. The van der Waals surface area contributed by atoms with Crippen LogP contribution < -0.4 is 10.1 Å². The molecule has 108 valence electrons. The average Bonchev–Trinajstić information content (AvgIpc) is 2.77. The van der Waals surface area contributed by atoms with E-state index in [0.717, 1.165) is 29.3 Å². The van der Waals surface area contributed by atoms with Gasteiger partial charge in [0.15, 0.2) is 0 Å². The van der Waals surface area contributed by atoms with Crippen molar-refractivity contribution in [3.63, 3.8) is 0 Å². The minimum absolute atomic E-state index is 0.263. The van der Waals surface area contributed by atoms with Crippen LogP contribution in [0, 0.1) is 13.8 Å². The van der Waals surface area contributed by atoms with E-state index in [1.165, 1.54) is 5.56 Å². The highest BCUT2D eigenvalue weighted by Crippen LogP contribution is 2.19. The Balaban J connectivity index is 1.96. The molecule has 0 aliphatic rings. The zero-order valence-corrected chi connectivity index (χ0v) is 12.6. The molecule has 2 aromatic rings. The summed E-state index contributed by atoms with van der Waals surface area (Å²) in [5.74, 6) is 1.79. The molecule has 0 aliphatic carbocycles. The van der Waals surface area contributed by atoms with Crippen LogP contribution in [0.3, 0.4) is 0 Å². The fourth-order valence-electron chi connectivity index (χ4n) is 2.15. The average molecular weight is 274 g/mol. The number of nitrogens with one attached hydrogen (secondary N) is 1. The number of benzene rings is 1. The SMILES string of the molecule is CCOc1ccc(C(C)NCc2c(C)noc2C)cc1. The maximum atomic E-state index is 5.45. The van der Waals surface area contributed by atoms with Crippen molar-refractivity contribution in [1.82, 2.24) is 10.5 Å². The third kappa shape index (κ3) is 3.39. The van der Waals surface area contributed by atoms with Crippen molar-refractivity contribution in [1.29, 1.82) is 0 Å². The molecule has 1 heterocycles. The van der Waals surface area contributed by atoms with Crippen LogP contribution in [0.5, 0.6) is 5.75 Å². The van der Waals surface area contributed by atoms with E-state index in [1.807, 2.05) is 32.9 Å². The van der Waals surface area contributed by atoms with Crippen molar-refractivity contribution in [2.75, 3.05) is 6.61 Å². The lowest BCUT2D eigenvalue weighted by Crippen LogP contribution is -2.18. The van der Waals surface area contributed by atoms with Gasteiger partial charge in [-0.05, 0) is 45.4 Å². The second-order valence-electron chi connectivity index (χ2n) is 4.91. The van der Waals surface area contributed by atoms with E-state index in [9.17, 15) is 0 Å². The first-order valence-electron chi connectivity index (χ1n) is 6.99. The number of ether oxygens (including phenoxy) is 1. The summed E-state index contributed by atoms with van der Waals surface area (Å²) in [6, 6.07) is 8.46. The molecule has 1 N–H and O–H groups in total. The first-order chi connectivity index (χ1) is 9.61. The molecular weight excluding hydrogens is 252 g/mol. The van der Waals surface area contributed by atoms with Gasteiger partial charge in [0.1, 0.15) is 11.5 Å². The Morgan fingerprint density at radius 2 is 1.95 bits per heavy atom. The van der Waals surface area contributed by atoms with E-state index in [2.05, 4.69) is 29.5 Å². The molecule has 1 unspecified atom stereocenters. The molecule has 0 radical (unpaired) electrons. The molecule has 1 aromatic heterocycles. The number of rotatable bonds is 6. The summed E-state index contributed by atoms with van der Waals surface area (Å²) < 4.78 is 10.6. The van der Waals surface area contributed by atoms with Gasteiger partial charge < -0.3 is 14.6 Å². The lowest BCUT2D eigenvalue weighted by atomic mass is 10.1. The zero-order valence-electron chi connectivity index (χ0n) is 12.6. The van der Waals surface area contributed by atoms with Gasteiger partial charge in [0.05, 0.1) is 12.3 Å². The van der Waals surface area contributed by atoms with E-state index in [0.29, 0.717) is 6.61 Å². The molecule has 4 nitrogen and oxygen atoms in total. The van der Waals surface area contributed by atoms with Crippen LogP contribution in [0.1, 0.15) is 42.5 Å². The Labute approximate surface area is 120 Å². The number of nitrogens with zero attached hydrogens (tertiary/aromatic N) is 1. The monoisotopic (exact) mass is 274 g/mol. The number of aryl methyl sites for hydroxylation is 2. The van der Waals surface area contributed by atoms with Gasteiger partial charge in [-0.2, -0.15) is 0 Å². The molecule has 0 bridgehead atoms. The number of hydrogen-bond donors (Lipinski definition) is 1. The van der Waals surface area contributed by atoms with Gasteiger partial charge in [-0.1, -0.05) is 17.3 Å². The first kappa shape index (κ1) is 14.6. The molecule has 1 aromatic carbocycles. The molecule has 0 saturated carbocycles. The topological polar surface area (TPSA) is 47.3 Å². The summed E-state index contributed by atoms with van der Waals surface area (Å²) in [6.45, 7) is 9.50. The Kier molecular flexibility index (Phi) is 4.79. The summed E-state index contributed by atoms with van der Waals surface area (Å²) >= 11 is 0. The molecule has 0 aliphatic heterocycles. The van der Waals surface area contributed by atoms with E-state index in [1.54, 1.807) is 0 Å². The summed E-state index contributed by atoms with van der Waals surface area (Å²) in [6.07, 6.45) is 0. The van der Waals surface area contributed by atoms with E-state index >= 15 is 0 Å². The highest BCUT2D eigenvalue weighted by atomic mass is 16.5. The third-order valence-electron chi connectivity index (χ3n) is 3.46. The fraction of sp³-hybridized carbons (Fsp3) is 0.438. The van der Waals surface area contributed by atoms with Crippen molar-refractivity contribution >= 4 is 0 Å². The molecule has 4 heteroatoms. The van der Waals surface area contributed by atoms with Crippen molar-refractivity contribution < 1.29 is 9.26 Å². The highest BCUT2D eigenvalue weighted by Gasteiger charge is 2.11. The van der Waals surface area contributed by atoms with E-state index in [4.69, 9.17) is 9.26 Å². The number of hydrogen-bond acceptors (Lipinski definition) is 4. The van der Waals surface area contributed by atoms with Crippen LogP contribution >= 0.6 is 0 Å². The standard InChI is InChI=1S/C16H22N2O2/c1-5-19-15-8-6-14(7-9-15)11(2)17-10-16-12(3)18-20-13(16)4/h6-9,11,17H,5,10H2,1-4H3. The Bertz CT molecular complexity index is 527. The van der Waals surface area contributed by atoms with Gasteiger partial charge in [0.2, 0.25) is 0 Å². The van der Waals surface area contributed by atoms with Gasteiger partial charge in [0.25, 0.3) is 0 Å². The summed E-state index contributed by atoms with van der Waals surface area (Å²) in [5.41, 5.74) is 3.33. The van der Waals surface area contributed by atoms with Gasteiger partial charge in [0, 0.05) is 18.2 Å². The van der Waals surface area contributed by atoms with Crippen LogP contribution in [-0.2, 0) is 6.54 Å². The Morgan fingerprint density at radius 1 is 1.25 bits per heavy atom. The van der Waals surface area contributed by atoms with Gasteiger partial charge in [-0.25, -0.2) is 0 Å². The van der Waals surface area contributed by atoms with Crippen LogP contribution in [0.15, 0.2) is 28.8 Å². The van der Waals surface area contributed by atoms with Gasteiger partial charge >= 0.3 is 0 Å². The molecular formula is C16H22N2O2. The number of aromatic nitrogens is 1. The lowest BCUT2D eigenvalue weighted by Gasteiger charge is -2.14. The summed E-state index contributed by atoms with van der Waals surface area (Å²) in [7, 11) is 0. The van der Waals surface area contributed by atoms with Crippen LogP contribution in [-0.4, -0.2) is 11.8 Å². The van der Waals surface area contributed by atoms with Crippen molar-refractivity contribution in [2.24, 2.45) is 0 Å². The zero-order chi connectivity index (χ0) is 14.5. The lowest BCUT2D eigenvalue weighted by molar-refractivity contribution is 0.340. The predicted molar refractivity (Wildman–Crippen MR) is 78.8 cm³/mol. The Hall–Kier alpha value is -1.81. The smallest absolute Gasteiger partial charge is 0.138 e. The van der Waals surface area contributed by atoms with Crippen LogP contribution in [0.4, 0.5) is 0 Å². The van der Waals surface area contributed by atoms with Crippen molar-refractivity contribution in [3.8, 4) is 5.75 Å². The van der Waals surface area contributed by atoms with Crippen molar-refractivity contribution in [2.45, 2.75) is 40.3 Å². The van der Waals surface area contributed by atoms with Crippen LogP contribution in [0.25, 0.3) is 0 Å². The molecule has 0 spiro atoms. The van der Waals surface area contributed by atoms with Crippen molar-refractivity contribution in [3.05, 3.63) is 46.8 Å². The molecule has 1 atom stereocenters. The largest absolute Gasteiger partial charge is 0.494 e. The second-order valence-corrected chi connectivity index (χ2v) is 4.91. The summed E-state index contributed by atoms with van der Waals surface area (Å²) in [5, 5.41) is 7.46. The molecule has 20 heavy (non-hydrogen) atoms. The molecule has 2 rings (SSSR count). The fourth-order valence-corrected chi connectivity index (χ4v) is 2.15. The maximum absolute atomic E-state index is 5.45. The minimum atomic E-state index is 0.263. The van der Waals surface area contributed by atoms with Gasteiger partial charge in [-0.15, -0.1) is 0 Å². The predicted octanol–water partition coefficient (Wildman–Crippen LogP) is 3.54. The van der Waals surface area contributed by atoms with E-state index in [-0.39, 0.29) is 6.04 Å². The molecule has 0 fully saturated rings.